The molecule has 100 valence electrons. The minimum atomic E-state index is 0.269. The van der Waals surface area contributed by atoms with Crippen molar-refractivity contribution in [3.8, 4) is 0 Å². The summed E-state index contributed by atoms with van der Waals surface area (Å²) >= 11 is 0. The molecule has 0 amide bonds. The maximum atomic E-state index is 9.15. The summed E-state index contributed by atoms with van der Waals surface area (Å²) in [5.74, 6) is 0. The van der Waals surface area contributed by atoms with E-state index >= 15 is 0 Å². The van der Waals surface area contributed by atoms with Crippen molar-refractivity contribution in [1.29, 1.82) is 0 Å². The molecule has 2 atom stereocenters. The van der Waals surface area contributed by atoms with E-state index < -0.39 is 0 Å². The van der Waals surface area contributed by atoms with Crippen molar-refractivity contribution in [3.05, 3.63) is 30.1 Å². The Morgan fingerprint density at radius 2 is 2.06 bits per heavy atom. The van der Waals surface area contributed by atoms with Crippen LogP contribution in [0.15, 0.2) is 24.5 Å². The second kappa shape index (κ2) is 6.27. The second-order valence-corrected chi connectivity index (χ2v) is 5.23. The van der Waals surface area contributed by atoms with Crippen LogP contribution in [0.1, 0.15) is 18.9 Å². The molecular weight excluding hydrogens is 226 g/mol. The third kappa shape index (κ3) is 3.28. The Morgan fingerprint density at radius 3 is 2.72 bits per heavy atom. The van der Waals surface area contributed by atoms with Gasteiger partial charge in [0, 0.05) is 50.7 Å². The molecule has 2 rings (SSSR count). The molecule has 0 radical (unpaired) electrons. The Balaban J connectivity index is 1.97. The van der Waals surface area contributed by atoms with Crippen LogP contribution >= 0.6 is 0 Å². The standard InChI is InChI=1S/C14H23N3O/c1-12-9-17(10-13-3-6-15-7-4-13)11-14(5-8-18)16(12)2/h3-4,6-7,12,14,18H,5,8-11H2,1-2H3. The average Bonchev–Trinajstić information content (AvgIpc) is 2.37. The quantitative estimate of drug-likeness (QED) is 0.863. The molecule has 0 bridgehead atoms. The lowest BCUT2D eigenvalue weighted by Gasteiger charge is -2.43. The molecule has 1 aliphatic heterocycles. The van der Waals surface area contributed by atoms with Crippen LogP contribution in [-0.2, 0) is 6.54 Å². The Morgan fingerprint density at radius 1 is 1.33 bits per heavy atom. The number of hydrogen-bond donors (Lipinski definition) is 1. The molecular formula is C14H23N3O. The predicted octanol–water partition coefficient (Wildman–Crippen LogP) is 0.968. The van der Waals surface area contributed by atoms with E-state index in [2.05, 4.69) is 40.9 Å². The van der Waals surface area contributed by atoms with Gasteiger partial charge >= 0.3 is 0 Å². The summed E-state index contributed by atoms with van der Waals surface area (Å²) in [5.41, 5.74) is 1.31. The van der Waals surface area contributed by atoms with Crippen LogP contribution in [-0.4, -0.2) is 58.7 Å². The molecule has 1 aromatic rings. The fourth-order valence-electron chi connectivity index (χ4n) is 2.68. The molecule has 18 heavy (non-hydrogen) atoms. The van der Waals surface area contributed by atoms with Crippen molar-refractivity contribution >= 4 is 0 Å². The number of rotatable bonds is 4. The number of hydrogen-bond acceptors (Lipinski definition) is 4. The molecule has 1 saturated heterocycles. The van der Waals surface area contributed by atoms with Crippen molar-refractivity contribution in [2.24, 2.45) is 0 Å². The van der Waals surface area contributed by atoms with Crippen molar-refractivity contribution in [1.82, 2.24) is 14.8 Å². The van der Waals surface area contributed by atoms with Crippen molar-refractivity contribution < 1.29 is 5.11 Å². The SMILES string of the molecule is CC1CN(Cc2ccncc2)CC(CCO)N1C. The van der Waals surface area contributed by atoms with Gasteiger partial charge in [-0.05, 0) is 38.1 Å². The Kier molecular flexibility index (Phi) is 4.69. The second-order valence-electron chi connectivity index (χ2n) is 5.23. The van der Waals surface area contributed by atoms with E-state index in [4.69, 9.17) is 5.11 Å². The first-order chi connectivity index (χ1) is 8.70. The molecule has 4 heteroatoms. The molecule has 0 aliphatic carbocycles. The van der Waals surface area contributed by atoms with E-state index in [1.54, 1.807) is 0 Å². The molecule has 2 heterocycles. The number of piperazine rings is 1. The first-order valence-corrected chi connectivity index (χ1v) is 6.64. The minimum Gasteiger partial charge on any atom is -0.396 e. The maximum Gasteiger partial charge on any atom is 0.0446 e. The Hall–Kier alpha value is -0.970. The molecule has 2 unspecified atom stereocenters. The van der Waals surface area contributed by atoms with Gasteiger partial charge in [0.05, 0.1) is 0 Å². The van der Waals surface area contributed by atoms with Crippen LogP contribution in [0.2, 0.25) is 0 Å². The fourth-order valence-corrected chi connectivity index (χ4v) is 2.68. The summed E-state index contributed by atoms with van der Waals surface area (Å²) in [6, 6.07) is 5.14. The lowest BCUT2D eigenvalue weighted by atomic mass is 10.0. The van der Waals surface area contributed by atoms with Crippen LogP contribution in [0.3, 0.4) is 0 Å². The van der Waals surface area contributed by atoms with E-state index in [0.717, 1.165) is 26.1 Å². The highest BCUT2D eigenvalue weighted by Gasteiger charge is 2.28. The van der Waals surface area contributed by atoms with Crippen molar-refractivity contribution in [2.75, 3.05) is 26.7 Å². The molecule has 1 aromatic heterocycles. The largest absolute Gasteiger partial charge is 0.396 e. The van der Waals surface area contributed by atoms with Crippen molar-refractivity contribution in [3.63, 3.8) is 0 Å². The zero-order valence-electron chi connectivity index (χ0n) is 11.3. The molecule has 1 aliphatic rings. The van der Waals surface area contributed by atoms with E-state index in [-0.39, 0.29) is 6.61 Å². The lowest BCUT2D eigenvalue weighted by molar-refractivity contribution is 0.0352. The smallest absolute Gasteiger partial charge is 0.0446 e. The highest BCUT2D eigenvalue weighted by atomic mass is 16.3. The van der Waals surface area contributed by atoms with Crippen LogP contribution < -0.4 is 0 Å². The lowest BCUT2D eigenvalue weighted by Crippen LogP contribution is -2.55. The average molecular weight is 249 g/mol. The third-order valence-electron chi connectivity index (χ3n) is 3.88. The normalized spacial score (nSPS) is 26.4. The van der Waals surface area contributed by atoms with Gasteiger partial charge in [0.2, 0.25) is 0 Å². The summed E-state index contributed by atoms with van der Waals surface area (Å²) in [4.78, 5) is 8.91. The van der Waals surface area contributed by atoms with Gasteiger partial charge in [-0.1, -0.05) is 0 Å². The zero-order chi connectivity index (χ0) is 13.0. The molecule has 1 N–H and O–H groups in total. The van der Waals surface area contributed by atoms with Gasteiger partial charge in [-0.2, -0.15) is 0 Å². The van der Waals surface area contributed by atoms with Gasteiger partial charge in [0.25, 0.3) is 0 Å². The summed E-state index contributed by atoms with van der Waals surface area (Å²) in [6.45, 7) is 5.61. The monoisotopic (exact) mass is 249 g/mol. The highest BCUT2D eigenvalue weighted by Crippen LogP contribution is 2.18. The molecule has 0 aromatic carbocycles. The number of aliphatic hydroxyl groups is 1. The van der Waals surface area contributed by atoms with Gasteiger partial charge < -0.3 is 5.11 Å². The van der Waals surface area contributed by atoms with Crippen LogP contribution in [0, 0.1) is 0 Å². The van der Waals surface area contributed by atoms with Gasteiger partial charge in [0.1, 0.15) is 0 Å². The summed E-state index contributed by atoms with van der Waals surface area (Å²) < 4.78 is 0. The summed E-state index contributed by atoms with van der Waals surface area (Å²) in [7, 11) is 2.16. The third-order valence-corrected chi connectivity index (χ3v) is 3.88. The van der Waals surface area contributed by atoms with Crippen molar-refractivity contribution in [2.45, 2.75) is 32.0 Å². The van der Waals surface area contributed by atoms with E-state index in [1.165, 1.54) is 5.56 Å². The van der Waals surface area contributed by atoms with E-state index in [9.17, 15) is 0 Å². The number of pyridine rings is 1. The van der Waals surface area contributed by atoms with Gasteiger partial charge in [0.15, 0.2) is 0 Å². The van der Waals surface area contributed by atoms with Gasteiger partial charge in [-0.3, -0.25) is 14.8 Å². The molecule has 4 nitrogen and oxygen atoms in total. The highest BCUT2D eigenvalue weighted by molar-refractivity contribution is 5.09. The predicted molar refractivity (Wildman–Crippen MR) is 72.2 cm³/mol. The summed E-state index contributed by atoms with van der Waals surface area (Å²) in [6.07, 6.45) is 4.55. The van der Waals surface area contributed by atoms with E-state index in [1.807, 2.05) is 12.4 Å². The molecule has 1 fully saturated rings. The number of aliphatic hydroxyl groups excluding tert-OH is 1. The van der Waals surface area contributed by atoms with Crippen LogP contribution in [0.4, 0.5) is 0 Å². The van der Waals surface area contributed by atoms with Gasteiger partial charge in [-0.25, -0.2) is 0 Å². The fraction of sp³-hybridized carbons (Fsp3) is 0.643. The topological polar surface area (TPSA) is 39.6 Å². The first-order valence-electron chi connectivity index (χ1n) is 6.64. The number of aromatic nitrogens is 1. The maximum absolute atomic E-state index is 9.15. The minimum absolute atomic E-state index is 0.269. The first kappa shape index (κ1) is 13.5. The molecule has 0 saturated carbocycles. The Labute approximate surface area is 109 Å². The van der Waals surface area contributed by atoms with Gasteiger partial charge in [-0.15, -0.1) is 0 Å². The zero-order valence-corrected chi connectivity index (χ0v) is 11.3. The Bertz CT molecular complexity index is 357. The number of likely N-dealkylation sites (N-methyl/N-ethyl adjacent to an activating group) is 1. The van der Waals surface area contributed by atoms with E-state index in [0.29, 0.717) is 12.1 Å². The summed E-state index contributed by atoms with van der Waals surface area (Å²) in [5, 5.41) is 9.15. The van der Waals surface area contributed by atoms with Crippen LogP contribution in [0.5, 0.6) is 0 Å². The number of nitrogens with zero attached hydrogens (tertiary/aromatic N) is 3. The molecule has 0 spiro atoms. The van der Waals surface area contributed by atoms with Crippen LogP contribution in [0.25, 0.3) is 0 Å².